The molecule has 2 atom stereocenters. The Hall–Kier alpha value is -0.870. The third kappa shape index (κ3) is 4.48. The van der Waals surface area contributed by atoms with Crippen molar-refractivity contribution in [2.75, 3.05) is 6.61 Å². The van der Waals surface area contributed by atoms with Crippen molar-refractivity contribution >= 4 is 5.91 Å². The van der Waals surface area contributed by atoms with E-state index < -0.39 is 12.1 Å². The van der Waals surface area contributed by atoms with E-state index in [4.69, 9.17) is 5.11 Å². The lowest BCUT2D eigenvalue weighted by molar-refractivity contribution is -0.127. The molecule has 1 aliphatic rings. The summed E-state index contributed by atoms with van der Waals surface area (Å²) in [7, 11) is 0. The van der Waals surface area contributed by atoms with Crippen LogP contribution in [0.4, 0.5) is 0 Å². The summed E-state index contributed by atoms with van der Waals surface area (Å²) >= 11 is 0. The maximum Gasteiger partial charge on any atom is 0.223 e. The summed E-state index contributed by atoms with van der Waals surface area (Å²) in [6.45, 7) is 1.55. The van der Waals surface area contributed by atoms with Gasteiger partial charge in [-0.05, 0) is 19.8 Å². The zero-order valence-corrected chi connectivity index (χ0v) is 10.4. The highest BCUT2D eigenvalue weighted by Gasteiger charge is 2.25. The van der Waals surface area contributed by atoms with Crippen LogP contribution in [-0.2, 0) is 4.79 Å². The molecule has 1 fully saturated rings. The number of nitrogens with one attached hydrogen (secondary N) is 1. The number of hydrogen-bond acceptors (Lipinski definition) is 3. The number of aliphatic hydroxyl groups excluding tert-OH is 2. The number of aliphatic hydroxyl groups is 2. The molecule has 3 N–H and O–H groups in total. The van der Waals surface area contributed by atoms with E-state index in [-0.39, 0.29) is 18.4 Å². The van der Waals surface area contributed by atoms with Gasteiger partial charge in [-0.2, -0.15) is 0 Å². The molecule has 4 heteroatoms. The second-order valence-electron chi connectivity index (χ2n) is 4.65. The topological polar surface area (TPSA) is 69.6 Å². The first kappa shape index (κ1) is 14.2. The van der Waals surface area contributed by atoms with E-state index in [0.29, 0.717) is 0 Å². The molecule has 4 nitrogen and oxygen atoms in total. The molecule has 0 heterocycles. The van der Waals surface area contributed by atoms with Crippen LogP contribution < -0.4 is 5.32 Å². The van der Waals surface area contributed by atoms with Crippen LogP contribution in [0, 0.1) is 5.92 Å². The van der Waals surface area contributed by atoms with Crippen molar-refractivity contribution in [3.8, 4) is 0 Å². The van der Waals surface area contributed by atoms with Gasteiger partial charge < -0.3 is 15.5 Å². The number of carbonyl (C=O) groups is 1. The van der Waals surface area contributed by atoms with Crippen molar-refractivity contribution in [1.29, 1.82) is 0 Å². The summed E-state index contributed by atoms with van der Waals surface area (Å²) in [5.74, 6) is 0.0166. The first-order valence-corrected chi connectivity index (χ1v) is 6.41. The second-order valence-corrected chi connectivity index (χ2v) is 4.65. The predicted octanol–water partition coefficient (Wildman–Crippen LogP) is 0.981. The van der Waals surface area contributed by atoms with Crippen molar-refractivity contribution in [3.63, 3.8) is 0 Å². The highest BCUT2D eigenvalue weighted by molar-refractivity contribution is 5.79. The summed E-state index contributed by atoms with van der Waals surface area (Å²) in [5.41, 5.74) is 0. The molecule has 0 aromatic heterocycles. The number of amides is 1. The van der Waals surface area contributed by atoms with Gasteiger partial charge in [0, 0.05) is 5.92 Å². The predicted molar refractivity (Wildman–Crippen MR) is 66.4 cm³/mol. The Kier molecular flexibility index (Phi) is 6.22. The van der Waals surface area contributed by atoms with Gasteiger partial charge in [-0.1, -0.05) is 31.4 Å². The fourth-order valence-electron chi connectivity index (χ4n) is 2.24. The lowest BCUT2D eigenvalue weighted by Crippen LogP contribution is -2.47. The SMILES string of the molecule is C/C=C/[C@@H](O)[C@H](CO)NC(=O)C1CCCCC1. The Morgan fingerprint density at radius 1 is 1.41 bits per heavy atom. The molecule has 0 radical (unpaired) electrons. The van der Waals surface area contributed by atoms with Crippen LogP contribution >= 0.6 is 0 Å². The Labute approximate surface area is 103 Å². The molecule has 0 unspecified atom stereocenters. The molecule has 0 aromatic rings. The van der Waals surface area contributed by atoms with Crippen LogP contribution in [-0.4, -0.2) is 34.9 Å². The van der Waals surface area contributed by atoms with Crippen molar-refractivity contribution in [2.45, 2.75) is 51.2 Å². The largest absolute Gasteiger partial charge is 0.394 e. The van der Waals surface area contributed by atoms with Gasteiger partial charge in [-0.15, -0.1) is 0 Å². The van der Waals surface area contributed by atoms with Crippen molar-refractivity contribution in [2.24, 2.45) is 5.92 Å². The molecular formula is C13H23NO3. The molecule has 0 saturated heterocycles. The highest BCUT2D eigenvalue weighted by Crippen LogP contribution is 2.23. The Balaban J connectivity index is 2.46. The molecule has 98 valence electrons. The number of hydrogen-bond donors (Lipinski definition) is 3. The monoisotopic (exact) mass is 241 g/mol. The van der Waals surface area contributed by atoms with E-state index in [1.807, 2.05) is 0 Å². The van der Waals surface area contributed by atoms with Crippen LogP contribution in [0.15, 0.2) is 12.2 Å². The summed E-state index contributed by atoms with van der Waals surface area (Å²) in [4.78, 5) is 11.9. The maximum absolute atomic E-state index is 11.9. The van der Waals surface area contributed by atoms with E-state index in [2.05, 4.69) is 5.32 Å². The van der Waals surface area contributed by atoms with Crippen LogP contribution in [0.3, 0.4) is 0 Å². The van der Waals surface area contributed by atoms with Crippen molar-refractivity contribution in [1.82, 2.24) is 5.32 Å². The summed E-state index contributed by atoms with van der Waals surface area (Å²) < 4.78 is 0. The average Bonchev–Trinajstić information content (AvgIpc) is 2.37. The standard InChI is InChI=1S/C13H23NO3/c1-2-6-12(16)11(9-15)14-13(17)10-7-4-3-5-8-10/h2,6,10-12,15-16H,3-5,7-9H2,1H3,(H,14,17)/b6-2+/t11-,12+/m0/s1. The first-order chi connectivity index (χ1) is 8.19. The average molecular weight is 241 g/mol. The molecule has 1 aliphatic carbocycles. The lowest BCUT2D eigenvalue weighted by Gasteiger charge is -2.25. The minimum atomic E-state index is -0.822. The third-order valence-corrected chi connectivity index (χ3v) is 3.30. The van der Waals surface area contributed by atoms with Gasteiger partial charge >= 0.3 is 0 Å². The lowest BCUT2D eigenvalue weighted by atomic mass is 9.88. The molecule has 0 bridgehead atoms. The molecule has 17 heavy (non-hydrogen) atoms. The summed E-state index contributed by atoms with van der Waals surface area (Å²) in [6.07, 6.45) is 7.69. The van der Waals surface area contributed by atoms with E-state index in [1.165, 1.54) is 6.42 Å². The van der Waals surface area contributed by atoms with Gasteiger partial charge in [0.2, 0.25) is 5.91 Å². The highest BCUT2D eigenvalue weighted by atomic mass is 16.3. The summed E-state index contributed by atoms with van der Waals surface area (Å²) in [5, 5.41) is 21.6. The normalized spacial score (nSPS) is 21.4. The van der Waals surface area contributed by atoms with Crippen LogP contribution in [0.25, 0.3) is 0 Å². The fourth-order valence-corrected chi connectivity index (χ4v) is 2.24. The molecule has 0 spiro atoms. The summed E-state index contributed by atoms with van der Waals surface area (Å²) in [6, 6.07) is -0.597. The van der Waals surface area contributed by atoms with Crippen LogP contribution in [0.5, 0.6) is 0 Å². The van der Waals surface area contributed by atoms with Crippen molar-refractivity contribution in [3.05, 3.63) is 12.2 Å². The van der Waals surface area contributed by atoms with Gasteiger partial charge in [0.05, 0.1) is 18.8 Å². The zero-order chi connectivity index (χ0) is 12.7. The fraction of sp³-hybridized carbons (Fsp3) is 0.769. The van der Waals surface area contributed by atoms with Gasteiger partial charge in [0.25, 0.3) is 0 Å². The minimum Gasteiger partial charge on any atom is -0.394 e. The van der Waals surface area contributed by atoms with Crippen LogP contribution in [0.2, 0.25) is 0 Å². The van der Waals surface area contributed by atoms with E-state index in [1.54, 1.807) is 19.1 Å². The molecule has 1 saturated carbocycles. The van der Waals surface area contributed by atoms with Crippen molar-refractivity contribution < 1.29 is 15.0 Å². The quantitative estimate of drug-likeness (QED) is 0.628. The van der Waals surface area contributed by atoms with E-state index in [9.17, 15) is 9.90 Å². The molecular weight excluding hydrogens is 218 g/mol. The van der Waals surface area contributed by atoms with E-state index >= 15 is 0 Å². The zero-order valence-electron chi connectivity index (χ0n) is 10.4. The Morgan fingerprint density at radius 3 is 2.59 bits per heavy atom. The number of carbonyl (C=O) groups excluding carboxylic acids is 1. The third-order valence-electron chi connectivity index (χ3n) is 3.30. The van der Waals surface area contributed by atoms with Gasteiger partial charge in [0.1, 0.15) is 0 Å². The van der Waals surface area contributed by atoms with Gasteiger partial charge in [-0.3, -0.25) is 4.79 Å². The van der Waals surface area contributed by atoms with Gasteiger partial charge in [0.15, 0.2) is 0 Å². The van der Waals surface area contributed by atoms with E-state index in [0.717, 1.165) is 25.7 Å². The maximum atomic E-state index is 11.9. The Bertz CT molecular complexity index is 259. The first-order valence-electron chi connectivity index (χ1n) is 6.41. The molecule has 0 aromatic carbocycles. The van der Waals surface area contributed by atoms with Gasteiger partial charge in [-0.25, -0.2) is 0 Å². The molecule has 0 aliphatic heterocycles. The molecule has 1 amide bonds. The minimum absolute atomic E-state index is 0.0349. The smallest absolute Gasteiger partial charge is 0.223 e. The number of rotatable bonds is 5. The Morgan fingerprint density at radius 2 is 2.06 bits per heavy atom. The number of allylic oxidation sites excluding steroid dienone is 1. The second kappa shape index (κ2) is 7.45. The molecule has 1 rings (SSSR count). The van der Waals surface area contributed by atoms with Crippen LogP contribution in [0.1, 0.15) is 39.0 Å².